The lowest BCUT2D eigenvalue weighted by molar-refractivity contribution is 0.224. The first-order chi connectivity index (χ1) is 14.8. The summed E-state index contributed by atoms with van der Waals surface area (Å²) in [5.41, 5.74) is -0.259. The van der Waals surface area contributed by atoms with Gasteiger partial charge in [0, 0.05) is 16.7 Å². The quantitative estimate of drug-likeness (QED) is 0.155. The summed E-state index contributed by atoms with van der Waals surface area (Å²) in [7, 11) is 0. The van der Waals surface area contributed by atoms with E-state index in [2.05, 4.69) is 39.5 Å². The van der Waals surface area contributed by atoms with Gasteiger partial charge >= 0.3 is 0 Å². The van der Waals surface area contributed by atoms with Crippen LogP contribution in [0.2, 0.25) is 0 Å². The molecule has 5 heteroatoms. The molecule has 0 saturated carbocycles. The molecule has 0 aliphatic rings. The fourth-order valence-electron chi connectivity index (χ4n) is 2.15. The maximum atomic E-state index is 14.6. The number of halogens is 4. The summed E-state index contributed by atoms with van der Waals surface area (Å²) in [6.45, 7) is 28.4. The monoisotopic (exact) mass is 448 g/mol. The first-order valence-corrected chi connectivity index (χ1v) is 10.00. The van der Waals surface area contributed by atoms with Crippen LogP contribution in [0.4, 0.5) is 17.6 Å². The average molecular weight is 449 g/mol. The van der Waals surface area contributed by atoms with Gasteiger partial charge in [0.05, 0.1) is 6.61 Å². The molecule has 0 N–H and O–H groups in total. The second-order valence-corrected chi connectivity index (χ2v) is 7.45. The molecule has 1 nitrogen and oxygen atoms in total. The van der Waals surface area contributed by atoms with Crippen LogP contribution in [0.1, 0.15) is 34.1 Å². The molecule has 0 fully saturated rings. The smallest absolute Gasteiger partial charge is 0.200 e. The fraction of sp³-hybridized carbons (Fsp3) is 0.259. The average Bonchev–Trinajstić information content (AvgIpc) is 2.76. The Bertz CT molecular complexity index is 937. The largest absolute Gasteiger partial charge is 0.491 e. The Morgan fingerprint density at radius 2 is 1.16 bits per heavy atom. The maximum Gasteiger partial charge on any atom is 0.200 e. The lowest BCUT2D eigenvalue weighted by atomic mass is 9.99. The Morgan fingerprint density at radius 1 is 0.750 bits per heavy atom. The van der Waals surface area contributed by atoms with Crippen LogP contribution < -0.4 is 0 Å². The Hall–Kier alpha value is -3.08. The highest BCUT2D eigenvalue weighted by Crippen LogP contribution is 2.31. The molecule has 0 radical (unpaired) electrons. The van der Waals surface area contributed by atoms with Crippen molar-refractivity contribution in [1.82, 2.24) is 0 Å². The molecule has 174 valence electrons. The van der Waals surface area contributed by atoms with Crippen LogP contribution in [-0.2, 0) is 4.74 Å². The third-order valence-corrected chi connectivity index (χ3v) is 4.38. The summed E-state index contributed by atoms with van der Waals surface area (Å²) >= 11 is 0. The SMILES string of the molecule is C=C(/C=C\C(=C)C(=C)/C(F)=C(/F)C(=C)/C(C)=C/CC(C)C)C(=C)/C(F)=C(/F)C(=C)OCC. The molecule has 0 amide bonds. The van der Waals surface area contributed by atoms with Crippen molar-refractivity contribution in [3.05, 3.63) is 120 Å². The van der Waals surface area contributed by atoms with Crippen molar-refractivity contribution in [3.63, 3.8) is 0 Å². The van der Waals surface area contributed by atoms with Gasteiger partial charge in [-0.3, -0.25) is 0 Å². The summed E-state index contributed by atoms with van der Waals surface area (Å²) in [6, 6.07) is 0. The van der Waals surface area contributed by atoms with Gasteiger partial charge in [0.25, 0.3) is 0 Å². The summed E-state index contributed by atoms with van der Waals surface area (Å²) in [5.74, 6) is -5.05. The Labute approximate surface area is 189 Å². The zero-order valence-electron chi connectivity index (χ0n) is 19.4. The van der Waals surface area contributed by atoms with Gasteiger partial charge in [0.2, 0.25) is 5.83 Å². The van der Waals surface area contributed by atoms with E-state index in [1.807, 2.05) is 13.8 Å². The zero-order valence-corrected chi connectivity index (χ0v) is 19.4. The van der Waals surface area contributed by atoms with Gasteiger partial charge in [-0.15, -0.1) is 0 Å². The van der Waals surface area contributed by atoms with Crippen molar-refractivity contribution >= 4 is 0 Å². The van der Waals surface area contributed by atoms with Gasteiger partial charge in [-0.25, -0.2) is 13.2 Å². The van der Waals surface area contributed by atoms with E-state index in [0.717, 1.165) is 0 Å². The van der Waals surface area contributed by atoms with Gasteiger partial charge in [-0.05, 0) is 42.9 Å². The molecule has 0 spiro atoms. The molecule has 0 aromatic heterocycles. The predicted octanol–water partition coefficient (Wildman–Crippen LogP) is 9.17. The van der Waals surface area contributed by atoms with Crippen LogP contribution in [0, 0.1) is 5.92 Å². The molecule has 0 heterocycles. The maximum absolute atomic E-state index is 14.6. The molecule has 32 heavy (non-hydrogen) atoms. The van der Waals surface area contributed by atoms with E-state index >= 15 is 0 Å². The Balaban J connectivity index is 5.47. The van der Waals surface area contributed by atoms with Crippen molar-refractivity contribution in [2.24, 2.45) is 5.92 Å². The van der Waals surface area contributed by atoms with Crippen LogP contribution in [0.25, 0.3) is 0 Å². The highest BCUT2D eigenvalue weighted by molar-refractivity contribution is 5.55. The molecule has 0 saturated heterocycles. The Kier molecular flexibility index (Phi) is 12.1. The number of hydrogen-bond donors (Lipinski definition) is 0. The normalized spacial score (nSPS) is 13.5. The molecule has 0 atom stereocenters. The molecule has 0 unspecified atom stereocenters. The number of allylic oxidation sites excluding steroid dienone is 13. The van der Waals surface area contributed by atoms with Gasteiger partial charge < -0.3 is 4.74 Å². The minimum atomic E-state index is -1.30. The minimum absolute atomic E-state index is 0.00630. The van der Waals surface area contributed by atoms with Crippen LogP contribution >= 0.6 is 0 Å². The summed E-state index contributed by atoms with van der Waals surface area (Å²) in [6.07, 6.45) is 4.97. The molecule has 0 aromatic rings. The van der Waals surface area contributed by atoms with E-state index in [-0.39, 0.29) is 34.5 Å². The predicted molar refractivity (Wildman–Crippen MR) is 127 cm³/mol. The van der Waals surface area contributed by atoms with Crippen molar-refractivity contribution in [2.45, 2.75) is 34.1 Å². The molecule has 0 aliphatic heterocycles. The first-order valence-electron chi connectivity index (χ1n) is 10.00. The molecule has 0 rings (SSSR count). The van der Waals surface area contributed by atoms with E-state index in [0.29, 0.717) is 17.9 Å². The van der Waals surface area contributed by atoms with Crippen molar-refractivity contribution in [1.29, 1.82) is 0 Å². The third kappa shape index (κ3) is 8.58. The van der Waals surface area contributed by atoms with Gasteiger partial charge in [0.1, 0.15) is 0 Å². The fourth-order valence-corrected chi connectivity index (χ4v) is 2.15. The second kappa shape index (κ2) is 13.4. The molecular formula is C27H32F4O. The minimum Gasteiger partial charge on any atom is -0.491 e. The van der Waals surface area contributed by atoms with E-state index < -0.39 is 29.1 Å². The van der Waals surface area contributed by atoms with E-state index in [4.69, 9.17) is 4.74 Å². The third-order valence-electron chi connectivity index (χ3n) is 4.38. The highest BCUT2D eigenvalue weighted by atomic mass is 19.2. The van der Waals surface area contributed by atoms with Gasteiger partial charge in [-0.1, -0.05) is 71.5 Å². The van der Waals surface area contributed by atoms with Crippen LogP contribution in [0.3, 0.4) is 0 Å². The Morgan fingerprint density at radius 3 is 1.56 bits per heavy atom. The van der Waals surface area contributed by atoms with Crippen molar-refractivity contribution in [2.75, 3.05) is 6.61 Å². The molecule has 0 bridgehead atoms. The molecule has 0 aliphatic carbocycles. The second-order valence-electron chi connectivity index (χ2n) is 7.45. The van der Waals surface area contributed by atoms with Crippen LogP contribution in [0.15, 0.2) is 120 Å². The summed E-state index contributed by atoms with van der Waals surface area (Å²) in [5, 5.41) is 0. The van der Waals surface area contributed by atoms with E-state index in [9.17, 15) is 17.6 Å². The molecule has 0 aromatic carbocycles. The standard InChI is InChI=1S/C27H32F4O/c1-11-32-23(10)27(31)26(30)22(9)19(6)15-14-18(5)21(8)25(29)24(28)20(7)17(4)13-12-16(2)3/h13-16H,5-12H2,1-4H3/b15-14-,17-13+,25-24-,27-26-. The highest BCUT2D eigenvalue weighted by Gasteiger charge is 2.17. The number of hydrogen-bond acceptors (Lipinski definition) is 1. The summed E-state index contributed by atoms with van der Waals surface area (Å²) < 4.78 is 62.1. The summed E-state index contributed by atoms with van der Waals surface area (Å²) in [4.78, 5) is 0. The topological polar surface area (TPSA) is 9.23 Å². The van der Waals surface area contributed by atoms with Crippen LogP contribution in [-0.4, -0.2) is 6.61 Å². The first kappa shape index (κ1) is 28.9. The van der Waals surface area contributed by atoms with Crippen molar-refractivity contribution < 1.29 is 22.3 Å². The number of rotatable bonds is 13. The lowest BCUT2D eigenvalue weighted by Crippen LogP contribution is -1.96. The van der Waals surface area contributed by atoms with E-state index in [1.165, 1.54) is 12.2 Å². The van der Waals surface area contributed by atoms with E-state index in [1.54, 1.807) is 19.9 Å². The van der Waals surface area contributed by atoms with Crippen molar-refractivity contribution in [3.8, 4) is 0 Å². The lowest BCUT2D eigenvalue weighted by Gasteiger charge is -2.10. The molecular weight excluding hydrogens is 416 g/mol. The zero-order chi connectivity index (χ0) is 25.2. The van der Waals surface area contributed by atoms with Crippen LogP contribution in [0.5, 0.6) is 0 Å². The number of ether oxygens (including phenoxy) is 1. The van der Waals surface area contributed by atoms with Gasteiger partial charge in [0.15, 0.2) is 23.2 Å². The van der Waals surface area contributed by atoms with Gasteiger partial charge in [-0.2, -0.15) is 4.39 Å².